The van der Waals surface area contributed by atoms with Gasteiger partial charge in [-0.25, -0.2) is 23.4 Å². The van der Waals surface area contributed by atoms with Crippen molar-refractivity contribution in [3.63, 3.8) is 0 Å². The lowest BCUT2D eigenvalue weighted by atomic mass is 10.0. The van der Waals surface area contributed by atoms with Crippen LogP contribution in [0.3, 0.4) is 0 Å². The highest BCUT2D eigenvalue weighted by atomic mass is 79.9. The highest BCUT2D eigenvalue weighted by Crippen LogP contribution is 2.25. The average Bonchev–Trinajstić information content (AvgIpc) is 2.83. The Balaban J connectivity index is 1.77. The molecule has 2 aromatic heterocycles. The molecule has 1 amide bonds. The quantitative estimate of drug-likeness (QED) is 0.297. The number of para-hydroxylation sites is 1. The summed E-state index contributed by atoms with van der Waals surface area (Å²) in [6.45, 7) is 6.95. The number of hydrogen-bond donors (Lipinski definition) is 2. The third-order valence-corrected chi connectivity index (χ3v) is 8.89. The molecule has 0 aliphatic heterocycles. The zero-order valence-corrected chi connectivity index (χ0v) is 24.3. The number of nitrogens with one attached hydrogen (secondary N) is 1. The smallest absolute Gasteiger partial charge is 0.244 e. The standard InChI is InChI=1S/C24H31BrClN7O3S/c1-5-33(37(35,36)16-12-18(25)22(26)28-13-16)11-10-32(4)14-20-29-19-9-7-6-8-17(19)24(30-20)31-21(15(2)3)23(27)34/h6-9,12-13,15,21H,5,10-11,14H2,1-4H3,(H2,27,34)(H,29,30,31)/t21-/m0/s1. The lowest BCUT2D eigenvalue weighted by Crippen LogP contribution is -2.40. The van der Waals surface area contributed by atoms with Gasteiger partial charge in [0.1, 0.15) is 27.7 Å². The summed E-state index contributed by atoms with van der Waals surface area (Å²) in [5.41, 5.74) is 6.33. The molecule has 37 heavy (non-hydrogen) atoms. The first-order chi connectivity index (χ1) is 17.4. The summed E-state index contributed by atoms with van der Waals surface area (Å²) < 4.78 is 28.1. The molecule has 3 N–H and O–H groups in total. The number of primary amides is 1. The molecule has 3 aromatic rings. The van der Waals surface area contributed by atoms with Crippen molar-refractivity contribution < 1.29 is 13.2 Å². The number of carbonyl (C=O) groups is 1. The summed E-state index contributed by atoms with van der Waals surface area (Å²) in [5, 5.41) is 4.17. The van der Waals surface area contributed by atoms with E-state index in [2.05, 4.69) is 36.2 Å². The Bertz CT molecular complexity index is 1370. The largest absolute Gasteiger partial charge is 0.368 e. The number of nitrogens with zero attached hydrogens (tertiary/aromatic N) is 5. The van der Waals surface area contributed by atoms with E-state index < -0.39 is 22.0 Å². The summed E-state index contributed by atoms with van der Waals surface area (Å²) in [6.07, 6.45) is 1.25. The van der Waals surface area contributed by atoms with Gasteiger partial charge in [0.05, 0.1) is 16.5 Å². The number of amides is 1. The third kappa shape index (κ3) is 7.14. The van der Waals surface area contributed by atoms with Gasteiger partial charge >= 0.3 is 0 Å². The maximum absolute atomic E-state index is 13.1. The van der Waals surface area contributed by atoms with Crippen molar-refractivity contribution >= 4 is 60.2 Å². The highest BCUT2D eigenvalue weighted by Gasteiger charge is 2.25. The highest BCUT2D eigenvalue weighted by molar-refractivity contribution is 9.10. The van der Waals surface area contributed by atoms with Crippen LogP contribution in [0.4, 0.5) is 5.82 Å². The Morgan fingerprint density at radius 2 is 1.92 bits per heavy atom. The molecular weight excluding hydrogens is 582 g/mol. The third-order valence-electron chi connectivity index (χ3n) is 5.82. The van der Waals surface area contributed by atoms with Crippen LogP contribution < -0.4 is 11.1 Å². The first-order valence-corrected chi connectivity index (χ1v) is 14.4. The number of nitrogens with two attached hydrogens (primary N) is 1. The summed E-state index contributed by atoms with van der Waals surface area (Å²) in [7, 11) is -1.89. The predicted molar refractivity (Wildman–Crippen MR) is 149 cm³/mol. The van der Waals surface area contributed by atoms with Crippen LogP contribution in [0.1, 0.15) is 26.6 Å². The van der Waals surface area contributed by atoms with Crippen LogP contribution in [0.2, 0.25) is 5.15 Å². The van der Waals surface area contributed by atoms with Gasteiger partial charge in [0, 0.05) is 31.2 Å². The minimum Gasteiger partial charge on any atom is -0.368 e. The fraction of sp³-hybridized carbons (Fsp3) is 0.417. The molecule has 1 atom stereocenters. The first kappa shape index (κ1) is 29.2. The Morgan fingerprint density at radius 1 is 1.22 bits per heavy atom. The van der Waals surface area contributed by atoms with E-state index in [0.717, 1.165) is 10.9 Å². The van der Waals surface area contributed by atoms with Gasteiger partial charge in [0.2, 0.25) is 15.9 Å². The van der Waals surface area contributed by atoms with Crippen LogP contribution in [0.15, 0.2) is 45.9 Å². The average molecular weight is 613 g/mol. The van der Waals surface area contributed by atoms with Crippen LogP contribution in [0, 0.1) is 5.92 Å². The summed E-state index contributed by atoms with van der Waals surface area (Å²) in [5.74, 6) is 0.577. The number of carbonyl (C=O) groups excluding carboxylic acids is 1. The molecule has 0 saturated carbocycles. The van der Waals surface area contributed by atoms with Crippen LogP contribution in [0.5, 0.6) is 0 Å². The zero-order valence-electron chi connectivity index (χ0n) is 21.1. The molecule has 10 nitrogen and oxygen atoms in total. The molecule has 200 valence electrons. The molecule has 0 radical (unpaired) electrons. The second kappa shape index (κ2) is 12.4. The number of likely N-dealkylation sites (N-methyl/N-ethyl adjacent to an activating group) is 2. The number of anilines is 1. The van der Waals surface area contributed by atoms with Crippen LogP contribution in [0.25, 0.3) is 10.9 Å². The van der Waals surface area contributed by atoms with Crippen molar-refractivity contribution in [1.82, 2.24) is 24.2 Å². The number of rotatable bonds is 12. The maximum atomic E-state index is 13.1. The van der Waals surface area contributed by atoms with Crippen molar-refractivity contribution in [2.45, 2.75) is 38.3 Å². The lowest BCUT2D eigenvalue weighted by molar-refractivity contribution is -0.119. The van der Waals surface area contributed by atoms with Crippen molar-refractivity contribution in [3.05, 3.63) is 52.0 Å². The molecule has 0 bridgehead atoms. The zero-order chi connectivity index (χ0) is 27.3. The van der Waals surface area contributed by atoms with Crippen molar-refractivity contribution in [3.8, 4) is 0 Å². The van der Waals surface area contributed by atoms with E-state index in [1.54, 1.807) is 6.92 Å². The minimum absolute atomic E-state index is 0.0317. The van der Waals surface area contributed by atoms with Gasteiger partial charge in [-0.2, -0.15) is 4.31 Å². The van der Waals surface area contributed by atoms with Crippen molar-refractivity contribution in [2.24, 2.45) is 11.7 Å². The Hall–Kier alpha value is -2.38. The number of halogens is 2. The normalized spacial score (nSPS) is 13.0. The van der Waals surface area contributed by atoms with E-state index in [0.29, 0.717) is 35.7 Å². The molecule has 0 spiro atoms. The molecular formula is C24H31BrClN7O3S. The second-order valence-electron chi connectivity index (χ2n) is 8.95. The maximum Gasteiger partial charge on any atom is 0.244 e. The molecule has 1 aromatic carbocycles. The van der Waals surface area contributed by atoms with Gasteiger partial charge < -0.3 is 11.1 Å². The van der Waals surface area contributed by atoms with Gasteiger partial charge in [-0.15, -0.1) is 0 Å². The topological polar surface area (TPSA) is 134 Å². The van der Waals surface area contributed by atoms with E-state index in [1.165, 1.54) is 16.6 Å². The lowest BCUT2D eigenvalue weighted by Gasteiger charge is -2.24. The Kier molecular flexibility index (Phi) is 9.81. The summed E-state index contributed by atoms with van der Waals surface area (Å²) in [6, 6.07) is 8.39. The number of hydrogen-bond acceptors (Lipinski definition) is 8. The van der Waals surface area contributed by atoms with E-state index in [-0.39, 0.29) is 22.5 Å². The molecule has 0 aliphatic rings. The van der Waals surface area contributed by atoms with E-state index in [4.69, 9.17) is 17.3 Å². The van der Waals surface area contributed by atoms with E-state index >= 15 is 0 Å². The van der Waals surface area contributed by atoms with Crippen molar-refractivity contribution in [1.29, 1.82) is 0 Å². The van der Waals surface area contributed by atoms with E-state index in [1.807, 2.05) is 50.1 Å². The fourth-order valence-electron chi connectivity index (χ4n) is 3.76. The first-order valence-electron chi connectivity index (χ1n) is 11.7. The Labute approximate surface area is 230 Å². The van der Waals surface area contributed by atoms with Crippen LogP contribution >= 0.6 is 27.5 Å². The van der Waals surface area contributed by atoms with Gasteiger partial charge in [-0.1, -0.05) is 44.5 Å². The molecule has 0 saturated heterocycles. The Morgan fingerprint density at radius 3 is 2.54 bits per heavy atom. The fourth-order valence-corrected chi connectivity index (χ4v) is 5.78. The molecule has 3 rings (SSSR count). The number of aromatic nitrogens is 3. The van der Waals surface area contributed by atoms with Gasteiger partial charge in [-0.05, 0) is 47.1 Å². The second-order valence-corrected chi connectivity index (χ2v) is 12.1. The van der Waals surface area contributed by atoms with Gasteiger partial charge in [0.25, 0.3) is 0 Å². The molecule has 13 heteroatoms. The van der Waals surface area contributed by atoms with Crippen LogP contribution in [-0.2, 0) is 21.4 Å². The number of benzene rings is 1. The van der Waals surface area contributed by atoms with Gasteiger partial charge in [0.15, 0.2) is 0 Å². The predicted octanol–water partition coefficient (Wildman–Crippen LogP) is 3.51. The number of sulfonamides is 1. The van der Waals surface area contributed by atoms with Crippen LogP contribution in [-0.4, -0.2) is 71.2 Å². The molecule has 2 heterocycles. The minimum atomic E-state index is -3.75. The molecule has 0 fully saturated rings. The number of fused-ring (bicyclic) bond motifs is 1. The van der Waals surface area contributed by atoms with Crippen molar-refractivity contribution in [2.75, 3.05) is 32.0 Å². The summed E-state index contributed by atoms with van der Waals surface area (Å²) in [4.78, 5) is 27.3. The molecule has 0 unspecified atom stereocenters. The van der Waals surface area contributed by atoms with Gasteiger partial charge in [-0.3, -0.25) is 9.69 Å². The van der Waals surface area contributed by atoms with E-state index in [9.17, 15) is 13.2 Å². The SMILES string of the molecule is CCN(CCN(C)Cc1nc(N[C@H](C(N)=O)C(C)C)c2ccccc2n1)S(=O)(=O)c1cnc(Cl)c(Br)c1. The molecule has 0 aliphatic carbocycles. The summed E-state index contributed by atoms with van der Waals surface area (Å²) >= 11 is 9.15. The number of pyridine rings is 1. The monoisotopic (exact) mass is 611 g/mol.